The molecule has 8 aromatic rings. The van der Waals surface area contributed by atoms with Crippen molar-refractivity contribution in [2.24, 2.45) is 0 Å². The van der Waals surface area contributed by atoms with Crippen LogP contribution in [0.25, 0.3) is 45.0 Å². The minimum absolute atomic E-state index is 0.477. The SMILES string of the molecule is CC(C)NCc1ccccc1-c1ccccn1.CC(C)NCc1ccccc1-c1ccccn1.CC(C)NCc1ccccc1-c1cccnn1.CC(C)NCc1ccccc1-c1ccncn1. The second-order valence-corrected chi connectivity index (χ2v) is 17.4. The molecule has 0 aliphatic rings. The van der Waals surface area contributed by atoms with Crippen molar-refractivity contribution in [3.05, 3.63) is 205 Å². The average Bonchev–Trinajstić information content (AvgIpc) is 3.38. The van der Waals surface area contributed by atoms with E-state index < -0.39 is 0 Å². The Morgan fingerprint density at radius 2 is 0.662 bits per heavy atom. The third-order valence-electron chi connectivity index (χ3n) is 10.5. The predicted octanol–water partition coefficient (Wildman–Crippen LogP) is 11.8. The number of pyridine rings is 2. The second kappa shape index (κ2) is 29.0. The first-order chi connectivity index (χ1) is 33.1. The number of aromatic nitrogens is 6. The molecule has 0 saturated carbocycles. The largest absolute Gasteiger partial charge is 0.310 e. The van der Waals surface area contributed by atoms with Gasteiger partial charge < -0.3 is 21.3 Å². The highest BCUT2D eigenvalue weighted by molar-refractivity contribution is 5.65. The molecule has 8 rings (SSSR count). The summed E-state index contributed by atoms with van der Waals surface area (Å²) < 4.78 is 0. The maximum absolute atomic E-state index is 4.41. The summed E-state index contributed by atoms with van der Waals surface area (Å²) in [6.45, 7) is 20.7. The van der Waals surface area contributed by atoms with Gasteiger partial charge in [0.15, 0.2) is 0 Å². The molecule has 0 radical (unpaired) electrons. The molecule has 0 atom stereocenters. The first kappa shape index (κ1) is 52.2. The molecule has 0 saturated heterocycles. The van der Waals surface area contributed by atoms with Crippen LogP contribution in [0.4, 0.5) is 0 Å². The van der Waals surface area contributed by atoms with Crippen molar-refractivity contribution in [2.75, 3.05) is 0 Å². The van der Waals surface area contributed by atoms with Crippen molar-refractivity contribution in [1.29, 1.82) is 0 Å². The lowest BCUT2D eigenvalue weighted by Gasteiger charge is -2.12. The van der Waals surface area contributed by atoms with Crippen molar-refractivity contribution in [2.45, 2.75) is 106 Å². The van der Waals surface area contributed by atoms with Crippen molar-refractivity contribution in [3.63, 3.8) is 0 Å². The number of hydrogen-bond acceptors (Lipinski definition) is 10. The van der Waals surface area contributed by atoms with Crippen LogP contribution in [0.15, 0.2) is 183 Å². The number of benzene rings is 4. The van der Waals surface area contributed by atoms with Crippen LogP contribution in [-0.4, -0.2) is 54.3 Å². The molecule has 0 bridgehead atoms. The van der Waals surface area contributed by atoms with E-state index in [0.717, 1.165) is 54.5 Å². The second-order valence-electron chi connectivity index (χ2n) is 17.4. The van der Waals surface area contributed by atoms with Gasteiger partial charge in [-0.1, -0.05) is 165 Å². The molecule has 0 spiro atoms. The van der Waals surface area contributed by atoms with Gasteiger partial charge in [0, 0.05) is 97.4 Å². The molecular formula is C58H70N10. The minimum Gasteiger partial charge on any atom is -0.310 e. The summed E-state index contributed by atoms with van der Waals surface area (Å²) in [5, 5.41) is 21.8. The summed E-state index contributed by atoms with van der Waals surface area (Å²) in [4.78, 5) is 17.1. The Bertz CT molecular complexity index is 2220. The Morgan fingerprint density at radius 3 is 0.971 bits per heavy atom. The van der Waals surface area contributed by atoms with E-state index in [1.165, 1.54) is 38.9 Å². The summed E-state index contributed by atoms with van der Waals surface area (Å²) in [5.41, 5.74) is 13.8. The van der Waals surface area contributed by atoms with E-state index >= 15 is 0 Å². The molecule has 10 nitrogen and oxygen atoms in total. The highest BCUT2D eigenvalue weighted by atomic mass is 15.1. The van der Waals surface area contributed by atoms with Gasteiger partial charge in [0.25, 0.3) is 0 Å². The zero-order chi connectivity index (χ0) is 48.4. The van der Waals surface area contributed by atoms with E-state index in [1.807, 2.05) is 79.1 Å². The highest BCUT2D eigenvalue weighted by Crippen LogP contribution is 2.24. The first-order valence-corrected chi connectivity index (χ1v) is 23.7. The van der Waals surface area contributed by atoms with Crippen LogP contribution in [0.1, 0.15) is 77.6 Å². The maximum Gasteiger partial charge on any atom is 0.116 e. The molecule has 0 amide bonds. The lowest BCUT2D eigenvalue weighted by molar-refractivity contribution is 0.589. The van der Waals surface area contributed by atoms with Gasteiger partial charge in [-0.15, -0.1) is 0 Å². The van der Waals surface area contributed by atoms with Crippen LogP contribution in [0.5, 0.6) is 0 Å². The molecule has 0 aliphatic heterocycles. The van der Waals surface area contributed by atoms with E-state index in [0.29, 0.717) is 24.2 Å². The molecule has 352 valence electrons. The van der Waals surface area contributed by atoms with Gasteiger partial charge in [-0.05, 0) is 64.7 Å². The van der Waals surface area contributed by atoms with E-state index in [1.54, 1.807) is 18.7 Å². The fraction of sp³-hybridized carbons (Fsp3) is 0.276. The lowest BCUT2D eigenvalue weighted by atomic mass is 10.0. The third kappa shape index (κ3) is 18.1. The van der Waals surface area contributed by atoms with Crippen LogP contribution in [0.3, 0.4) is 0 Å². The molecule has 0 unspecified atom stereocenters. The fourth-order valence-electron chi connectivity index (χ4n) is 6.89. The average molecular weight is 907 g/mol. The predicted molar refractivity (Wildman–Crippen MR) is 282 cm³/mol. The quantitative estimate of drug-likeness (QED) is 0.0745. The van der Waals surface area contributed by atoms with E-state index in [2.05, 4.69) is 192 Å². The highest BCUT2D eigenvalue weighted by Gasteiger charge is 2.09. The lowest BCUT2D eigenvalue weighted by Crippen LogP contribution is -2.22. The van der Waals surface area contributed by atoms with Gasteiger partial charge in [0.05, 0.1) is 22.8 Å². The summed E-state index contributed by atoms with van der Waals surface area (Å²) in [6.07, 6.45) is 8.72. The molecule has 4 aromatic carbocycles. The summed E-state index contributed by atoms with van der Waals surface area (Å²) in [7, 11) is 0. The molecule has 10 heteroatoms. The summed E-state index contributed by atoms with van der Waals surface area (Å²) >= 11 is 0. The summed E-state index contributed by atoms with van der Waals surface area (Å²) in [5.74, 6) is 0. The van der Waals surface area contributed by atoms with E-state index in [-0.39, 0.29) is 0 Å². The molecular weight excluding hydrogens is 837 g/mol. The third-order valence-corrected chi connectivity index (χ3v) is 10.5. The van der Waals surface area contributed by atoms with Crippen LogP contribution < -0.4 is 21.3 Å². The Labute approximate surface area is 405 Å². The van der Waals surface area contributed by atoms with Crippen molar-refractivity contribution < 1.29 is 0 Å². The smallest absolute Gasteiger partial charge is 0.116 e. The van der Waals surface area contributed by atoms with Crippen LogP contribution in [0.2, 0.25) is 0 Å². The number of rotatable bonds is 16. The molecule has 4 N–H and O–H groups in total. The Hall–Kier alpha value is -6.82. The number of nitrogens with one attached hydrogen (secondary N) is 4. The first-order valence-electron chi connectivity index (χ1n) is 23.7. The fourth-order valence-corrected chi connectivity index (χ4v) is 6.89. The summed E-state index contributed by atoms with van der Waals surface area (Å²) in [6, 6.07) is 53.2. The minimum atomic E-state index is 0.477. The van der Waals surface area contributed by atoms with E-state index in [4.69, 9.17) is 0 Å². The van der Waals surface area contributed by atoms with Gasteiger partial charge in [0.2, 0.25) is 0 Å². The van der Waals surface area contributed by atoms with Gasteiger partial charge in [-0.2, -0.15) is 10.2 Å². The van der Waals surface area contributed by atoms with Crippen molar-refractivity contribution in [3.8, 4) is 45.0 Å². The molecule has 4 aromatic heterocycles. The Balaban J connectivity index is 0.000000169. The van der Waals surface area contributed by atoms with E-state index in [9.17, 15) is 0 Å². The van der Waals surface area contributed by atoms with Crippen molar-refractivity contribution >= 4 is 0 Å². The van der Waals surface area contributed by atoms with Gasteiger partial charge in [-0.25, -0.2) is 9.97 Å². The van der Waals surface area contributed by atoms with Crippen LogP contribution >= 0.6 is 0 Å². The van der Waals surface area contributed by atoms with Crippen LogP contribution in [-0.2, 0) is 26.2 Å². The zero-order valence-electron chi connectivity index (χ0n) is 41.1. The maximum atomic E-state index is 4.41. The zero-order valence-corrected chi connectivity index (χ0v) is 41.1. The molecule has 0 fully saturated rings. The monoisotopic (exact) mass is 907 g/mol. The molecule has 68 heavy (non-hydrogen) atoms. The number of hydrogen-bond donors (Lipinski definition) is 4. The topological polar surface area (TPSA) is 125 Å². The van der Waals surface area contributed by atoms with Gasteiger partial charge >= 0.3 is 0 Å². The van der Waals surface area contributed by atoms with Gasteiger partial charge in [-0.3, -0.25) is 9.97 Å². The Morgan fingerprint density at radius 1 is 0.324 bits per heavy atom. The molecule has 0 aliphatic carbocycles. The van der Waals surface area contributed by atoms with Crippen LogP contribution in [0, 0.1) is 0 Å². The normalized spacial score (nSPS) is 10.8. The standard InChI is InChI=1S/2C15H18N2.2C14H17N3/c2*1-12(2)17-11-13-7-3-4-8-14(13)15-9-5-6-10-16-15;1-11(2)15-10-12-6-3-4-7-13(12)14-8-5-9-16-17-14;1-11(2)16-9-12-5-3-4-6-13(12)14-7-8-15-10-17-14/h2*3-10,12,17H,11H2,1-2H3;3-9,11,15H,10H2,1-2H3;3-8,10-11,16H,9H2,1-2H3. The van der Waals surface area contributed by atoms with Crippen molar-refractivity contribution in [1.82, 2.24) is 51.4 Å². The van der Waals surface area contributed by atoms with Gasteiger partial charge in [0.1, 0.15) is 6.33 Å². The molecule has 4 heterocycles. The number of nitrogens with zero attached hydrogens (tertiary/aromatic N) is 6. The Kier molecular flexibility index (Phi) is 22.3.